The second-order valence-corrected chi connectivity index (χ2v) is 25.1. The average molecular weight is 1110 g/mol. The lowest BCUT2D eigenvalue weighted by Gasteiger charge is -2.33. The molecule has 0 atom stereocenters. The first kappa shape index (κ1) is 58.4. The zero-order valence-electron chi connectivity index (χ0n) is 51.6. The molecule has 0 unspecified atom stereocenters. The van der Waals surface area contributed by atoms with Gasteiger partial charge in [-0.25, -0.2) is 0 Å². The Kier molecular flexibility index (Phi) is 18.8. The van der Waals surface area contributed by atoms with Crippen LogP contribution in [0.4, 0.5) is 22.7 Å². The number of hydrogen-bond donors (Lipinski definition) is 2. The lowest BCUT2D eigenvalue weighted by atomic mass is 9.70. The van der Waals surface area contributed by atoms with Crippen LogP contribution in [0.1, 0.15) is 189 Å². The van der Waals surface area contributed by atoms with Gasteiger partial charge in [0.15, 0.2) is 0 Å². The van der Waals surface area contributed by atoms with Crippen molar-refractivity contribution >= 4 is 55.1 Å². The molecule has 0 bridgehead atoms. The third kappa shape index (κ3) is 12.2. The van der Waals surface area contributed by atoms with Gasteiger partial charge in [0.2, 0.25) is 0 Å². The van der Waals surface area contributed by atoms with Gasteiger partial charge in [-0.15, -0.1) is 0 Å². The predicted octanol–water partition coefficient (Wildman–Crippen LogP) is 25.0. The fourth-order valence-electron chi connectivity index (χ4n) is 14.8. The minimum Gasteiger partial charge on any atom is -0.356 e. The van der Waals surface area contributed by atoms with Gasteiger partial charge in [0.25, 0.3) is 0 Å². The number of fused-ring (bicyclic) bond motifs is 12. The number of anilines is 4. The highest BCUT2D eigenvalue weighted by molar-refractivity contribution is 6.25. The van der Waals surface area contributed by atoms with Crippen molar-refractivity contribution in [3.63, 3.8) is 0 Å². The Bertz CT molecular complexity index is 3780. The SMILES string of the molecule is CCCCCCC1(CCCCCC)c2ccccc2-c2ccc(Nc3ccc(-c4ccc5c6ccc(C)cc6c6ccccc6c5c4)cc3)cc21.CCCCCCC1(CCCCCC)c2ccccc2-c2ccc(Nc3ccc(C)cc3)cc21. The van der Waals surface area contributed by atoms with Crippen LogP contribution in [0.15, 0.2) is 194 Å². The van der Waals surface area contributed by atoms with E-state index in [-0.39, 0.29) is 10.8 Å². The molecule has 0 aliphatic heterocycles. The first-order chi connectivity index (χ1) is 41.3. The van der Waals surface area contributed by atoms with Gasteiger partial charge in [0, 0.05) is 33.6 Å². The fourth-order valence-corrected chi connectivity index (χ4v) is 14.8. The molecular weight excluding hydrogens is 1010 g/mol. The van der Waals surface area contributed by atoms with Gasteiger partial charge in [0.05, 0.1) is 0 Å². The molecule has 0 amide bonds. The second-order valence-electron chi connectivity index (χ2n) is 25.1. The van der Waals surface area contributed by atoms with E-state index in [1.165, 1.54) is 222 Å². The van der Waals surface area contributed by atoms with E-state index in [0.717, 1.165) is 11.4 Å². The van der Waals surface area contributed by atoms with E-state index >= 15 is 0 Å². The number of benzene rings is 10. The molecule has 2 heteroatoms. The molecule has 0 radical (unpaired) electrons. The Hall–Kier alpha value is -7.42. The van der Waals surface area contributed by atoms with Crippen molar-refractivity contribution in [2.75, 3.05) is 10.6 Å². The molecule has 10 aromatic carbocycles. The van der Waals surface area contributed by atoms with E-state index in [1.54, 1.807) is 16.7 Å². The lowest BCUT2D eigenvalue weighted by Crippen LogP contribution is -2.25. The summed E-state index contributed by atoms with van der Waals surface area (Å²) in [7, 11) is 0. The first-order valence-corrected chi connectivity index (χ1v) is 32.8. The number of unbranched alkanes of at least 4 members (excludes halogenated alkanes) is 12. The molecule has 0 fully saturated rings. The molecule has 0 saturated heterocycles. The fraction of sp³-hybridized carbons (Fsp3) is 0.341. The topological polar surface area (TPSA) is 24.1 Å². The summed E-state index contributed by atoms with van der Waals surface area (Å²) in [5.41, 5.74) is 22.0. The van der Waals surface area contributed by atoms with Crippen LogP contribution < -0.4 is 10.6 Å². The maximum absolute atomic E-state index is 3.81. The summed E-state index contributed by atoms with van der Waals surface area (Å²) in [6.45, 7) is 13.6. The number of nitrogens with one attached hydrogen (secondary N) is 2. The maximum atomic E-state index is 3.81. The summed E-state index contributed by atoms with van der Waals surface area (Å²) in [5.74, 6) is 0. The van der Waals surface area contributed by atoms with Gasteiger partial charge in [0.1, 0.15) is 0 Å². The lowest BCUT2D eigenvalue weighted by molar-refractivity contribution is 0.401. The zero-order chi connectivity index (χ0) is 57.9. The molecule has 2 aliphatic rings. The molecule has 2 aliphatic carbocycles. The van der Waals surface area contributed by atoms with Gasteiger partial charge in [-0.1, -0.05) is 281 Å². The van der Waals surface area contributed by atoms with Gasteiger partial charge in [-0.05, 0) is 182 Å². The minimum absolute atomic E-state index is 0.0966. The minimum atomic E-state index is 0.0966. The van der Waals surface area contributed by atoms with Crippen LogP contribution in [0.3, 0.4) is 0 Å². The van der Waals surface area contributed by atoms with Gasteiger partial charge < -0.3 is 10.6 Å². The van der Waals surface area contributed by atoms with Crippen molar-refractivity contribution in [2.45, 2.75) is 181 Å². The van der Waals surface area contributed by atoms with Crippen molar-refractivity contribution in [1.29, 1.82) is 0 Å². The van der Waals surface area contributed by atoms with E-state index in [2.05, 4.69) is 246 Å². The van der Waals surface area contributed by atoms with E-state index in [0.29, 0.717) is 0 Å². The highest BCUT2D eigenvalue weighted by Gasteiger charge is 2.43. The van der Waals surface area contributed by atoms with E-state index < -0.39 is 0 Å². The van der Waals surface area contributed by atoms with Crippen LogP contribution in [0.2, 0.25) is 0 Å². The maximum Gasteiger partial charge on any atom is 0.0387 e. The number of hydrogen-bond acceptors (Lipinski definition) is 2. The van der Waals surface area contributed by atoms with Crippen LogP contribution in [0.25, 0.3) is 65.7 Å². The van der Waals surface area contributed by atoms with E-state index in [4.69, 9.17) is 0 Å². The van der Waals surface area contributed by atoms with Crippen molar-refractivity contribution in [2.24, 2.45) is 0 Å². The molecule has 0 spiro atoms. The molecule has 10 aromatic rings. The predicted molar refractivity (Wildman–Crippen MR) is 367 cm³/mol. The third-order valence-corrected chi connectivity index (χ3v) is 19.2. The summed E-state index contributed by atoms with van der Waals surface area (Å²) in [6, 6.07) is 73.2. The Morgan fingerprint density at radius 3 is 1.08 bits per heavy atom. The largest absolute Gasteiger partial charge is 0.356 e. The smallest absolute Gasteiger partial charge is 0.0387 e. The first-order valence-electron chi connectivity index (χ1n) is 32.8. The van der Waals surface area contributed by atoms with Crippen LogP contribution in [0.5, 0.6) is 0 Å². The average Bonchev–Trinajstić information content (AvgIpc) is 2.00. The summed E-state index contributed by atoms with van der Waals surface area (Å²) >= 11 is 0. The highest BCUT2D eigenvalue weighted by atomic mass is 14.9. The van der Waals surface area contributed by atoms with Gasteiger partial charge >= 0.3 is 0 Å². The standard InChI is InChI=1S/C50H51N.C32H41N/c1-4-6-8-14-30-50(31-15-9-7-5-2)48-19-13-12-18-44(48)45-29-26-39(34-49(45)50)51-38-24-21-36(22-25-38)37-23-28-43-42-27-20-35(3)32-46(42)40-16-10-11-17-41(40)47(43)33-37;1-4-6-8-12-22-32(23-13-9-7-5-2)30-15-11-10-14-28(30)29-21-20-27(24-31(29)32)33-26-18-16-25(3)17-19-26/h10-13,16-29,32-34,51H,4-9,14-15,30-31H2,1-3H3;10-11,14-21,24,33H,4-9,12-13,22-23H2,1-3H3. The van der Waals surface area contributed by atoms with Crippen molar-refractivity contribution in [3.8, 4) is 33.4 Å². The van der Waals surface area contributed by atoms with Gasteiger partial charge in [-0.2, -0.15) is 0 Å². The molecule has 0 heterocycles. The molecule has 430 valence electrons. The molecule has 12 rings (SSSR count). The van der Waals surface area contributed by atoms with Crippen molar-refractivity contribution in [1.82, 2.24) is 0 Å². The van der Waals surface area contributed by atoms with E-state index in [9.17, 15) is 0 Å². The second kappa shape index (κ2) is 27.1. The Balaban J connectivity index is 0.000000193. The number of aryl methyl sites for hydroxylation is 2. The third-order valence-electron chi connectivity index (χ3n) is 19.2. The molecule has 0 aromatic heterocycles. The monoisotopic (exact) mass is 1100 g/mol. The van der Waals surface area contributed by atoms with Crippen molar-refractivity contribution < 1.29 is 0 Å². The van der Waals surface area contributed by atoms with Crippen molar-refractivity contribution in [3.05, 3.63) is 228 Å². The Morgan fingerprint density at radius 1 is 0.262 bits per heavy atom. The summed E-state index contributed by atoms with van der Waals surface area (Å²) < 4.78 is 0. The molecule has 2 N–H and O–H groups in total. The summed E-state index contributed by atoms with van der Waals surface area (Å²) in [5, 5.41) is 15.4. The van der Waals surface area contributed by atoms with Crippen LogP contribution in [0, 0.1) is 13.8 Å². The molecule has 84 heavy (non-hydrogen) atoms. The normalized spacial score (nSPS) is 13.3. The highest BCUT2D eigenvalue weighted by Crippen LogP contribution is 2.56. The Morgan fingerprint density at radius 2 is 0.619 bits per heavy atom. The molecular formula is C82H92N2. The summed E-state index contributed by atoms with van der Waals surface area (Å²) in [6.07, 6.45) is 26.0. The van der Waals surface area contributed by atoms with Crippen LogP contribution in [-0.4, -0.2) is 0 Å². The van der Waals surface area contributed by atoms with Crippen LogP contribution in [-0.2, 0) is 10.8 Å². The van der Waals surface area contributed by atoms with Gasteiger partial charge in [-0.3, -0.25) is 0 Å². The quantitative estimate of drug-likeness (QED) is 0.0440. The van der Waals surface area contributed by atoms with Crippen LogP contribution >= 0.6 is 0 Å². The van der Waals surface area contributed by atoms with E-state index in [1.807, 2.05) is 0 Å². The zero-order valence-corrected chi connectivity index (χ0v) is 51.6. The summed E-state index contributed by atoms with van der Waals surface area (Å²) in [4.78, 5) is 0. The molecule has 0 saturated carbocycles. The Labute approximate surface area is 504 Å². The number of rotatable bonds is 25. The molecule has 2 nitrogen and oxygen atoms in total.